The Hall–Kier alpha value is -2.14. The topological polar surface area (TPSA) is 58.9 Å². The van der Waals surface area contributed by atoms with Gasteiger partial charge in [-0.25, -0.2) is 4.39 Å². The number of hydrogen-bond donors (Lipinski definition) is 2. The second kappa shape index (κ2) is 6.70. The van der Waals surface area contributed by atoms with Gasteiger partial charge in [-0.3, -0.25) is 4.79 Å². The number of rotatable bonds is 6. The summed E-state index contributed by atoms with van der Waals surface area (Å²) in [7, 11) is 0. The molecular formula is C14H16FN2O2+. The normalized spacial score (nSPS) is 10.4. The molecule has 0 unspecified atom stereocenters. The van der Waals surface area contributed by atoms with Crippen molar-refractivity contribution in [3.05, 3.63) is 59.8 Å². The van der Waals surface area contributed by atoms with Gasteiger partial charge in [-0.05, 0) is 24.3 Å². The van der Waals surface area contributed by atoms with E-state index in [9.17, 15) is 9.18 Å². The van der Waals surface area contributed by atoms with Crippen molar-refractivity contribution in [3.8, 4) is 0 Å². The fourth-order valence-corrected chi connectivity index (χ4v) is 1.67. The Kier molecular flexibility index (Phi) is 4.69. The fraction of sp³-hybridized carbons (Fsp3) is 0.214. The van der Waals surface area contributed by atoms with E-state index in [0.717, 1.165) is 18.7 Å². The Morgan fingerprint density at radius 3 is 2.74 bits per heavy atom. The predicted molar refractivity (Wildman–Crippen MR) is 67.9 cm³/mol. The van der Waals surface area contributed by atoms with Crippen LogP contribution in [0.5, 0.6) is 0 Å². The molecule has 1 aromatic carbocycles. The molecular weight excluding hydrogens is 247 g/mol. The van der Waals surface area contributed by atoms with Gasteiger partial charge in [0.05, 0.1) is 19.4 Å². The Balaban J connectivity index is 1.62. The third-order valence-corrected chi connectivity index (χ3v) is 2.67. The van der Waals surface area contributed by atoms with Gasteiger partial charge in [0.1, 0.15) is 12.4 Å². The number of benzene rings is 1. The first kappa shape index (κ1) is 13.3. The van der Waals surface area contributed by atoms with Crippen LogP contribution < -0.4 is 10.6 Å². The van der Waals surface area contributed by atoms with E-state index in [-0.39, 0.29) is 11.7 Å². The number of carbonyl (C=O) groups is 1. The first-order chi connectivity index (χ1) is 9.25. The Bertz CT molecular complexity index is 509. The van der Waals surface area contributed by atoms with Gasteiger partial charge in [-0.2, -0.15) is 0 Å². The van der Waals surface area contributed by atoms with Crippen LogP contribution in [0.2, 0.25) is 0 Å². The fourth-order valence-electron chi connectivity index (χ4n) is 1.67. The van der Waals surface area contributed by atoms with E-state index in [2.05, 4.69) is 10.6 Å². The zero-order valence-electron chi connectivity index (χ0n) is 10.4. The van der Waals surface area contributed by atoms with E-state index in [4.69, 9.17) is 4.42 Å². The lowest BCUT2D eigenvalue weighted by molar-refractivity contribution is -0.668. The zero-order chi connectivity index (χ0) is 13.5. The van der Waals surface area contributed by atoms with Crippen LogP contribution in [0.3, 0.4) is 0 Å². The maximum Gasteiger partial charge on any atom is 0.287 e. The van der Waals surface area contributed by atoms with Crippen molar-refractivity contribution < 1.29 is 18.9 Å². The second-order valence-electron chi connectivity index (χ2n) is 4.14. The Morgan fingerprint density at radius 1 is 1.26 bits per heavy atom. The van der Waals surface area contributed by atoms with Gasteiger partial charge in [-0.15, -0.1) is 0 Å². The van der Waals surface area contributed by atoms with Crippen LogP contribution in [0.1, 0.15) is 16.1 Å². The molecule has 2 aromatic rings. The smallest absolute Gasteiger partial charge is 0.287 e. The van der Waals surface area contributed by atoms with Crippen molar-refractivity contribution in [1.29, 1.82) is 0 Å². The van der Waals surface area contributed by atoms with Crippen molar-refractivity contribution >= 4 is 5.91 Å². The van der Waals surface area contributed by atoms with E-state index < -0.39 is 0 Å². The zero-order valence-corrected chi connectivity index (χ0v) is 10.4. The van der Waals surface area contributed by atoms with E-state index in [1.54, 1.807) is 24.3 Å². The largest absolute Gasteiger partial charge is 0.459 e. The highest BCUT2D eigenvalue weighted by Gasteiger charge is 2.06. The molecule has 5 heteroatoms. The molecule has 0 radical (unpaired) electrons. The van der Waals surface area contributed by atoms with E-state index >= 15 is 0 Å². The number of nitrogens with one attached hydrogen (secondary N) is 1. The highest BCUT2D eigenvalue weighted by atomic mass is 19.1. The Morgan fingerprint density at radius 2 is 2.05 bits per heavy atom. The van der Waals surface area contributed by atoms with Crippen molar-refractivity contribution in [3.63, 3.8) is 0 Å². The molecule has 0 saturated heterocycles. The number of halogens is 1. The number of nitrogens with two attached hydrogens (primary N) is 1. The summed E-state index contributed by atoms with van der Waals surface area (Å²) in [5, 5.41) is 4.81. The summed E-state index contributed by atoms with van der Waals surface area (Å²) in [5.74, 6) is -0.117. The SMILES string of the molecule is O=C(NCC[NH2+]Cc1ccc(F)cc1)c1ccco1. The average Bonchev–Trinajstić information content (AvgIpc) is 2.94. The first-order valence-electron chi connectivity index (χ1n) is 6.13. The average molecular weight is 263 g/mol. The number of furan rings is 1. The second-order valence-corrected chi connectivity index (χ2v) is 4.14. The van der Waals surface area contributed by atoms with Gasteiger partial charge in [0, 0.05) is 5.56 Å². The molecule has 100 valence electrons. The maximum absolute atomic E-state index is 12.7. The van der Waals surface area contributed by atoms with Crippen LogP contribution in [-0.2, 0) is 6.54 Å². The van der Waals surface area contributed by atoms with E-state index in [0.29, 0.717) is 12.3 Å². The Labute approximate surface area is 110 Å². The molecule has 4 nitrogen and oxygen atoms in total. The molecule has 1 amide bonds. The summed E-state index contributed by atoms with van der Waals surface area (Å²) < 4.78 is 17.7. The monoisotopic (exact) mass is 263 g/mol. The molecule has 0 aliphatic heterocycles. The molecule has 0 aliphatic rings. The number of carbonyl (C=O) groups excluding carboxylic acids is 1. The molecule has 3 N–H and O–H groups in total. The molecule has 1 heterocycles. The summed E-state index contributed by atoms with van der Waals surface area (Å²) in [6.07, 6.45) is 1.47. The van der Waals surface area contributed by atoms with Crippen LogP contribution in [0.15, 0.2) is 47.1 Å². The van der Waals surface area contributed by atoms with Gasteiger partial charge in [-0.1, -0.05) is 12.1 Å². The maximum atomic E-state index is 12.7. The molecule has 0 saturated carbocycles. The summed E-state index contributed by atoms with van der Waals surface area (Å²) in [5.41, 5.74) is 1.05. The highest BCUT2D eigenvalue weighted by molar-refractivity contribution is 5.91. The molecule has 0 aliphatic carbocycles. The van der Waals surface area contributed by atoms with Crippen molar-refractivity contribution in [1.82, 2.24) is 5.32 Å². The van der Waals surface area contributed by atoms with E-state index in [1.807, 2.05) is 0 Å². The van der Waals surface area contributed by atoms with E-state index in [1.165, 1.54) is 18.4 Å². The third-order valence-electron chi connectivity index (χ3n) is 2.67. The minimum absolute atomic E-state index is 0.208. The molecule has 0 bridgehead atoms. The van der Waals surface area contributed by atoms with Crippen LogP contribution in [0.4, 0.5) is 4.39 Å². The van der Waals surface area contributed by atoms with Crippen molar-refractivity contribution in [2.24, 2.45) is 0 Å². The molecule has 2 rings (SSSR count). The molecule has 0 atom stereocenters. The van der Waals surface area contributed by atoms with Gasteiger partial charge in [0.2, 0.25) is 0 Å². The van der Waals surface area contributed by atoms with Crippen molar-refractivity contribution in [2.45, 2.75) is 6.54 Å². The number of amides is 1. The van der Waals surface area contributed by atoms with Gasteiger partial charge < -0.3 is 15.1 Å². The molecule has 0 spiro atoms. The lowest BCUT2D eigenvalue weighted by Gasteiger charge is -2.03. The minimum Gasteiger partial charge on any atom is -0.459 e. The van der Waals surface area contributed by atoms with Crippen LogP contribution in [0, 0.1) is 5.82 Å². The van der Waals surface area contributed by atoms with Gasteiger partial charge >= 0.3 is 0 Å². The van der Waals surface area contributed by atoms with Crippen LogP contribution >= 0.6 is 0 Å². The summed E-state index contributed by atoms with van der Waals surface area (Å²) in [4.78, 5) is 11.5. The molecule has 19 heavy (non-hydrogen) atoms. The highest BCUT2D eigenvalue weighted by Crippen LogP contribution is 2.00. The lowest BCUT2D eigenvalue weighted by Crippen LogP contribution is -2.84. The quantitative estimate of drug-likeness (QED) is 0.761. The predicted octanol–water partition coefficient (Wildman–Crippen LogP) is 0.912. The minimum atomic E-state index is -0.227. The van der Waals surface area contributed by atoms with Crippen molar-refractivity contribution in [2.75, 3.05) is 13.1 Å². The molecule has 1 aromatic heterocycles. The summed E-state index contributed by atoms with van der Waals surface area (Å²) >= 11 is 0. The third kappa shape index (κ3) is 4.22. The summed E-state index contributed by atoms with van der Waals surface area (Å²) in [6.45, 7) is 2.07. The van der Waals surface area contributed by atoms with Crippen LogP contribution in [0.25, 0.3) is 0 Å². The number of hydrogen-bond acceptors (Lipinski definition) is 2. The summed E-state index contributed by atoms with van der Waals surface area (Å²) in [6, 6.07) is 9.71. The van der Waals surface area contributed by atoms with Crippen LogP contribution in [-0.4, -0.2) is 19.0 Å². The lowest BCUT2D eigenvalue weighted by atomic mass is 10.2. The number of quaternary nitrogens is 1. The van der Waals surface area contributed by atoms with Gasteiger partial charge in [0.15, 0.2) is 5.76 Å². The molecule has 0 fully saturated rings. The standard InChI is InChI=1S/C14H15FN2O2/c15-12-5-3-11(4-6-12)10-16-7-8-17-14(18)13-2-1-9-19-13/h1-6,9,16H,7-8,10H2,(H,17,18)/p+1. The first-order valence-corrected chi connectivity index (χ1v) is 6.13. The van der Waals surface area contributed by atoms with Gasteiger partial charge in [0.25, 0.3) is 5.91 Å².